The Bertz CT molecular complexity index is 344. The van der Waals surface area contributed by atoms with Gasteiger partial charge in [-0.3, -0.25) is 9.89 Å². The third kappa shape index (κ3) is 7.87. The molecule has 22 heavy (non-hydrogen) atoms. The van der Waals surface area contributed by atoms with Gasteiger partial charge in [0.15, 0.2) is 5.96 Å². The van der Waals surface area contributed by atoms with Crippen LogP contribution < -0.4 is 5.32 Å². The number of nitrogens with one attached hydrogen (secondary N) is 1. The maximum atomic E-state index is 12.2. The predicted octanol–water partition coefficient (Wildman–Crippen LogP) is 2.57. The standard InChI is InChI=1S/C15H29F3N4/c1-4-19-14(22-10-5-7-13(2)11-22)20-8-6-9-21(3)12-15(16,17)18/h13H,4-12H2,1-3H3,(H,19,20). The average molecular weight is 322 g/mol. The SMILES string of the molecule is CCNC(=NCCCN(C)CC(F)(F)F)N1CCCC(C)C1. The van der Waals surface area contributed by atoms with Gasteiger partial charge in [0.05, 0.1) is 6.54 Å². The molecule has 0 amide bonds. The van der Waals surface area contributed by atoms with Crippen LogP contribution in [-0.4, -0.2) is 68.3 Å². The Hall–Kier alpha value is -0.980. The summed E-state index contributed by atoms with van der Waals surface area (Å²) in [7, 11) is 1.49. The number of guanidine groups is 1. The van der Waals surface area contributed by atoms with E-state index >= 15 is 0 Å². The van der Waals surface area contributed by atoms with Crippen molar-refractivity contribution >= 4 is 5.96 Å². The summed E-state index contributed by atoms with van der Waals surface area (Å²) in [4.78, 5) is 8.12. The molecule has 1 aliphatic heterocycles. The topological polar surface area (TPSA) is 30.9 Å². The van der Waals surface area contributed by atoms with E-state index < -0.39 is 12.7 Å². The molecule has 0 saturated carbocycles. The molecule has 0 aliphatic carbocycles. The fraction of sp³-hybridized carbons (Fsp3) is 0.933. The van der Waals surface area contributed by atoms with E-state index in [1.54, 1.807) is 0 Å². The number of hydrogen-bond acceptors (Lipinski definition) is 2. The summed E-state index contributed by atoms with van der Waals surface area (Å²) in [6.45, 7) is 7.16. The van der Waals surface area contributed by atoms with E-state index in [-0.39, 0.29) is 0 Å². The molecule has 1 atom stereocenters. The van der Waals surface area contributed by atoms with Gasteiger partial charge in [-0.25, -0.2) is 0 Å². The highest BCUT2D eigenvalue weighted by Gasteiger charge is 2.28. The van der Waals surface area contributed by atoms with Crippen molar-refractivity contribution in [3.63, 3.8) is 0 Å². The molecule has 1 rings (SSSR count). The molecule has 7 heteroatoms. The monoisotopic (exact) mass is 322 g/mol. The normalized spacial score (nSPS) is 20.6. The van der Waals surface area contributed by atoms with Crippen molar-refractivity contribution < 1.29 is 13.2 Å². The van der Waals surface area contributed by atoms with Gasteiger partial charge in [0, 0.05) is 26.2 Å². The van der Waals surface area contributed by atoms with E-state index in [1.165, 1.54) is 24.8 Å². The molecule has 130 valence electrons. The van der Waals surface area contributed by atoms with Gasteiger partial charge in [-0.15, -0.1) is 0 Å². The van der Waals surface area contributed by atoms with Gasteiger partial charge >= 0.3 is 6.18 Å². The zero-order valence-electron chi connectivity index (χ0n) is 13.9. The van der Waals surface area contributed by atoms with Gasteiger partial charge < -0.3 is 10.2 Å². The van der Waals surface area contributed by atoms with Gasteiger partial charge in [0.1, 0.15) is 0 Å². The molecular formula is C15H29F3N4. The number of halogens is 3. The summed E-state index contributed by atoms with van der Waals surface area (Å²) < 4.78 is 36.7. The number of aliphatic imine (C=N–C) groups is 1. The van der Waals surface area contributed by atoms with E-state index in [2.05, 4.69) is 22.1 Å². The van der Waals surface area contributed by atoms with Gasteiger partial charge in [0.25, 0.3) is 0 Å². The van der Waals surface area contributed by atoms with Crippen LogP contribution in [0.25, 0.3) is 0 Å². The molecule has 1 unspecified atom stereocenters. The zero-order chi connectivity index (χ0) is 16.6. The summed E-state index contributed by atoms with van der Waals surface area (Å²) in [5.74, 6) is 1.56. The second-order valence-electron chi connectivity index (χ2n) is 6.14. The highest BCUT2D eigenvalue weighted by atomic mass is 19.4. The van der Waals surface area contributed by atoms with E-state index in [1.807, 2.05) is 6.92 Å². The summed E-state index contributed by atoms with van der Waals surface area (Å²) >= 11 is 0. The molecular weight excluding hydrogens is 293 g/mol. The summed E-state index contributed by atoms with van der Waals surface area (Å²) in [6, 6.07) is 0. The van der Waals surface area contributed by atoms with Crippen molar-refractivity contribution in [3.8, 4) is 0 Å². The maximum absolute atomic E-state index is 12.2. The van der Waals surface area contributed by atoms with Gasteiger partial charge in [-0.05, 0) is 45.7 Å². The first-order chi connectivity index (χ1) is 10.3. The summed E-state index contributed by atoms with van der Waals surface area (Å²) in [5.41, 5.74) is 0. The van der Waals surface area contributed by atoms with Crippen LogP contribution in [0.4, 0.5) is 13.2 Å². The smallest absolute Gasteiger partial charge is 0.357 e. The van der Waals surface area contributed by atoms with Crippen molar-refractivity contribution in [2.45, 2.75) is 39.3 Å². The lowest BCUT2D eigenvalue weighted by atomic mass is 10.0. The zero-order valence-corrected chi connectivity index (χ0v) is 13.9. The molecule has 0 aromatic carbocycles. The highest BCUT2D eigenvalue weighted by molar-refractivity contribution is 5.80. The van der Waals surface area contributed by atoms with Crippen LogP contribution in [0.1, 0.15) is 33.1 Å². The van der Waals surface area contributed by atoms with Crippen LogP contribution in [0.3, 0.4) is 0 Å². The molecule has 0 aromatic rings. The van der Waals surface area contributed by atoms with Crippen molar-refractivity contribution in [3.05, 3.63) is 0 Å². The lowest BCUT2D eigenvalue weighted by molar-refractivity contribution is -0.143. The molecule has 1 fully saturated rings. The first-order valence-electron chi connectivity index (χ1n) is 8.10. The molecule has 1 N–H and O–H groups in total. The van der Waals surface area contributed by atoms with Crippen molar-refractivity contribution in [1.82, 2.24) is 15.1 Å². The minimum Gasteiger partial charge on any atom is -0.357 e. The Balaban J connectivity index is 2.39. The number of alkyl halides is 3. The summed E-state index contributed by atoms with van der Waals surface area (Å²) in [6.07, 6.45) is -1.08. The third-order valence-corrected chi connectivity index (χ3v) is 3.70. The molecule has 0 radical (unpaired) electrons. The Morgan fingerprint density at radius 2 is 2.14 bits per heavy atom. The minimum absolute atomic E-state index is 0.402. The molecule has 1 saturated heterocycles. The number of hydrogen-bond donors (Lipinski definition) is 1. The number of rotatable bonds is 6. The Kier molecular flexibility index (Phi) is 8.00. The molecule has 4 nitrogen and oxygen atoms in total. The number of likely N-dealkylation sites (tertiary alicyclic amines) is 1. The largest absolute Gasteiger partial charge is 0.401 e. The van der Waals surface area contributed by atoms with Crippen LogP contribution in [0.5, 0.6) is 0 Å². The Labute approximate surface area is 131 Å². The second kappa shape index (κ2) is 9.22. The van der Waals surface area contributed by atoms with E-state index in [0.717, 1.165) is 25.6 Å². The minimum atomic E-state index is -4.13. The number of piperidine rings is 1. The molecule has 1 heterocycles. The predicted molar refractivity (Wildman–Crippen MR) is 84.1 cm³/mol. The van der Waals surface area contributed by atoms with E-state index in [9.17, 15) is 13.2 Å². The lowest BCUT2D eigenvalue weighted by Crippen LogP contribution is -2.46. The van der Waals surface area contributed by atoms with Gasteiger partial charge in [-0.2, -0.15) is 13.2 Å². The molecule has 0 spiro atoms. The second-order valence-corrected chi connectivity index (χ2v) is 6.14. The van der Waals surface area contributed by atoms with Crippen molar-refractivity contribution in [2.24, 2.45) is 10.9 Å². The number of nitrogens with zero attached hydrogens (tertiary/aromatic N) is 3. The highest BCUT2D eigenvalue weighted by Crippen LogP contribution is 2.16. The van der Waals surface area contributed by atoms with Gasteiger partial charge in [0.2, 0.25) is 0 Å². The lowest BCUT2D eigenvalue weighted by Gasteiger charge is -2.33. The molecule has 1 aliphatic rings. The fourth-order valence-corrected chi connectivity index (χ4v) is 2.72. The van der Waals surface area contributed by atoms with Crippen LogP contribution >= 0.6 is 0 Å². The van der Waals surface area contributed by atoms with E-state index in [4.69, 9.17) is 0 Å². The van der Waals surface area contributed by atoms with Crippen LogP contribution in [-0.2, 0) is 0 Å². The maximum Gasteiger partial charge on any atom is 0.401 e. The summed E-state index contributed by atoms with van der Waals surface area (Å²) in [5, 5.41) is 3.28. The van der Waals surface area contributed by atoms with Crippen molar-refractivity contribution in [1.29, 1.82) is 0 Å². The van der Waals surface area contributed by atoms with Crippen molar-refractivity contribution in [2.75, 3.05) is 46.3 Å². The third-order valence-electron chi connectivity index (χ3n) is 3.70. The Morgan fingerprint density at radius 3 is 2.73 bits per heavy atom. The quantitative estimate of drug-likeness (QED) is 0.463. The van der Waals surface area contributed by atoms with Crippen LogP contribution in [0, 0.1) is 5.92 Å². The van der Waals surface area contributed by atoms with Gasteiger partial charge in [-0.1, -0.05) is 6.92 Å². The fourth-order valence-electron chi connectivity index (χ4n) is 2.72. The van der Waals surface area contributed by atoms with Crippen LogP contribution in [0.2, 0.25) is 0 Å². The molecule has 0 aromatic heterocycles. The average Bonchev–Trinajstić information content (AvgIpc) is 2.40. The first-order valence-corrected chi connectivity index (χ1v) is 8.10. The molecule has 0 bridgehead atoms. The van der Waals surface area contributed by atoms with Crippen LogP contribution in [0.15, 0.2) is 4.99 Å². The Morgan fingerprint density at radius 1 is 1.41 bits per heavy atom. The van der Waals surface area contributed by atoms with E-state index in [0.29, 0.717) is 25.4 Å². The first kappa shape index (κ1) is 19.1.